The number of aromatic nitrogens is 2. The Morgan fingerprint density at radius 3 is 2.61 bits per heavy atom. The fraction of sp³-hybridized carbons (Fsp3) is 0.412. The first kappa shape index (κ1) is 17.8. The number of nitrogens with one attached hydrogen (secondary N) is 2. The minimum atomic E-state index is 0.654. The Balaban J connectivity index is 1.92. The van der Waals surface area contributed by atoms with Crippen LogP contribution in [0.4, 0.5) is 11.8 Å². The molecule has 6 heteroatoms. The van der Waals surface area contributed by atoms with Crippen molar-refractivity contribution in [1.29, 1.82) is 0 Å². The van der Waals surface area contributed by atoms with Crippen LogP contribution in [0.1, 0.15) is 31.0 Å². The molecule has 0 saturated heterocycles. The zero-order valence-electron chi connectivity index (χ0n) is 13.5. The summed E-state index contributed by atoms with van der Waals surface area (Å²) >= 11 is 12.1. The molecular formula is C17H22Cl2N4. The average molecular weight is 353 g/mol. The van der Waals surface area contributed by atoms with Crippen LogP contribution in [0, 0.1) is 6.92 Å². The van der Waals surface area contributed by atoms with Gasteiger partial charge in [0.15, 0.2) is 0 Å². The molecule has 0 unspecified atom stereocenters. The first-order chi connectivity index (χ1) is 11.1. The lowest BCUT2D eigenvalue weighted by molar-refractivity contribution is 0.825. The summed E-state index contributed by atoms with van der Waals surface area (Å²) in [6.45, 7) is 5.76. The molecule has 0 radical (unpaired) electrons. The molecule has 0 atom stereocenters. The van der Waals surface area contributed by atoms with Gasteiger partial charge in [-0.25, -0.2) is 4.98 Å². The van der Waals surface area contributed by atoms with E-state index in [-0.39, 0.29) is 0 Å². The largest absolute Gasteiger partial charge is 0.370 e. The highest BCUT2D eigenvalue weighted by Crippen LogP contribution is 2.21. The smallest absolute Gasteiger partial charge is 0.224 e. The van der Waals surface area contributed by atoms with E-state index in [0.717, 1.165) is 49.4 Å². The predicted octanol–water partition coefficient (Wildman–Crippen LogP) is 4.96. The Bertz CT molecular complexity index is 646. The van der Waals surface area contributed by atoms with E-state index in [9.17, 15) is 0 Å². The van der Waals surface area contributed by atoms with E-state index in [1.807, 2.05) is 25.1 Å². The lowest BCUT2D eigenvalue weighted by atomic mass is 10.1. The van der Waals surface area contributed by atoms with Gasteiger partial charge in [-0.05, 0) is 37.5 Å². The Morgan fingerprint density at radius 1 is 1.04 bits per heavy atom. The number of hydrogen-bond acceptors (Lipinski definition) is 4. The van der Waals surface area contributed by atoms with Crippen molar-refractivity contribution in [3.8, 4) is 0 Å². The molecule has 0 spiro atoms. The summed E-state index contributed by atoms with van der Waals surface area (Å²) in [7, 11) is 0. The molecule has 2 N–H and O–H groups in total. The quantitative estimate of drug-likeness (QED) is 0.659. The molecular weight excluding hydrogens is 331 g/mol. The van der Waals surface area contributed by atoms with E-state index in [1.54, 1.807) is 6.07 Å². The van der Waals surface area contributed by atoms with Gasteiger partial charge in [0.2, 0.25) is 5.95 Å². The third kappa shape index (κ3) is 5.88. The van der Waals surface area contributed by atoms with Gasteiger partial charge in [-0.2, -0.15) is 4.98 Å². The molecule has 1 aromatic carbocycles. The van der Waals surface area contributed by atoms with Gasteiger partial charge in [0, 0.05) is 34.9 Å². The zero-order chi connectivity index (χ0) is 16.7. The Hall–Kier alpha value is -1.52. The van der Waals surface area contributed by atoms with Gasteiger partial charge < -0.3 is 10.6 Å². The van der Waals surface area contributed by atoms with Crippen molar-refractivity contribution in [3.63, 3.8) is 0 Å². The van der Waals surface area contributed by atoms with Crippen molar-refractivity contribution in [2.45, 2.75) is 33.1 Å². The van der Waals surface area contributed by atoms with Crippen molar-refractivity contribution in [1.82, 2.24) is 9.97 Å². The van der Waals surface area contributed by atoms with Crippen LogP contribution in [0.2, 0.25) is 10.0 Å². The number of anilines is 2. The van der Waals surface area contributed by atoms with E-state index >= 15 is 0 Å². The van der Waals surface area contributed by atoms with Gasteiger partial charge in [0.05, 0.1) is 0 Å². The third-order valence-corrected chi connectivity index (χ3v) is 3.97. The molecule has 0 aliphatic rings. The Kier molecular flexibility index (Phi) is 6.93. The van der Waals surface area contributed by atoms with E-state index in [4.69, 9.17) is 23.2 Å². The number of hydrogen-bond donors (Lipinski definition) is 2. The van der Waals surface area contributed by atoms with Crippen LogP contribution in [0.15, 0.2) is 24.3 Å². The van der Waals surface area contributed by atoms with Crippen molar-refractivity contribution in [2.75, 3.05) is 23.7 Å². The number of unbranched alkanes of at least 4 members (excludes halogenated alkanes) is 1. The van der Waals surface area contributed by atoms with Gasteiger partial charge >= 0.3 is 0 Å². The van der Waals surface area contributed by atoms with Gasteiger partial charge in [0.25, 0.3) is 0 Å². The molecule has 23 heavy (non-hydrogen) atoms. The van der Waals surface area contributed by atoms with Crippen LogP contribution in [-0.2, 0) is 6.42 Å². The second-order valence-electron chi connectivity index (χ2n) is 5.41. The lowest BCUT2D eigenvalue weighted by Gasteiger charge is -2.10. The topological polar surface area (TPSA) is 49.8 Å². The molecule has 1 heterocycles. The molecule has 0 amide bonds. The van der Waals surface area contributed by atoms with Crippen molar-refractivity contribution in [2.24, 2.45) is 0 Å². The van der Waals surface area contributed by atoms with Gasteiger partial charge in [-0.3, -0.25) is 0 Å². The van der Waals surface area contributed by atoms with Gasteiger partial charge in [-0.15, -0.1) is 0 Å². The summed E-state index contributed by atoms with van der Waals surface area (Å²) in [5, 5.41) is 7.92. The lowest BCUT2D eigenvalue weighted by Crippen LogP contribution is -2.11. The first-order valence-corrected chi connectivity index (χ1v) is 8.61. The molecule has 2 aromatic rings. The summed E-state index contributed by atoms with van der Waals surface area (Å²) in [6, 6.07) is 7.51. The Morgan fingerprint density at radius 2 is 1.87 bits per heavy atom. The number of benzene rings is 1. The average Bonchev–Trinajstić information content (AvgIpc) is 2.49. The summed E-state index contributed by atoms with van der Waals surface area (Å²) < 4.78 is 0. The van der Waals surface area contributed by atoms with Crippen LogP contribution >= 0.6 is 23.2 Å². The van der Waals surface area contributed by atoms with Crippen molar-refractivity contribution in [3.05, 3.63) is 45.6 Å². The second kappa shape index (κ2) is 8.94. The van der Waals surface area contributed by atoms with Crippen LogP contribution in [0.3, 0.4) is 0 Å². The zero-order valence-corrected chi connectivity index (χ0v) is 15.0. The monoisotopic (exact) mass is 352 g/mol. The second-order valence-corrected chi connectivity index (χ2v) is 6.25. The maximum absolute atomic E-state index is 6.18. The maximum Gasteiger partial charge on any atom is 0.224 e. The fourth-order valence-electron chi connectivity index (χ4n) is 2.16. The van der Waals surface area contributed by atoms with E-state index in [0.29, 0.717) is 16.0 Å². The number of aryl methyl sites for hydroxylation is 1. The predicted molar refractivity (Wildman–Crippen MR) is 98.8 cm³/mol. The van der Waals surface area contributed by atoms with Crippen LogP contribution in [0.5, 0.6) is 0 Å². The van der Waals surface area contributed by atoms with Gasteiger partial charge in [-0.1, -0.05) is 42.6 Å². The summed E-state index contributed by atoms with van der Waals surface area (Å²) in [5.41, 5.74) is 2.00. The number of halogens is 2. The fourth-order valence-corrected chi connectivity index (χ4v) is 2.67. The SMILES string of the molecule is CCCCNc1nc(C)cc(NCCc2ccc(Cl)cc2Cl)n1. The molecule has 0 saturated carbocycles. The maximum atomic E-state index is 6.18. The molecule has 0 bridgehead atoms. The summed E-state index contributed by atoms with van der Waals surface area (Å²) in [5.74, 6) is 1.49. The normalized spacial score (nSPS) is 10.6. The molecule has 1 aromatic heterocycles. The summed E-state index contributed by atoms with van der Waals surface area (Å²) in [4.78, 5) is 8.88. The third-order valence-electron chi connectivity index (χ3n) is 3.38. The minimum Gasteiger partial charge on any atom is -0.370 e. The highest BCUT2D eigenvalue weighted by atomic mass is 35.5. The van der Waals surface area contributed by atoms with E-state index in [2.05, 4.69) is 27.5 Å². The number of rotatable bonds is 8. The first-order valence-electron chi connectivity index (χ1n) is 7.86. The Labute approximate surface area is 147 Å². The standard InChI is InChI=1S/C17H22Cl2N4/c1-3-4-8-21-17-22-12(2)10-16(23-17)20-9-7-13-5-6-14(18)11-15(13)19/h5-6,10-11H,3-4,7-9H2,1-2H3,(H2,20,21,22,23). The molecule has 0 aliphatic carbocycles. The minimum absolute atomic E-state index is 0.654. The van der Waals surface area contributed by atoms with Crippen molar-refractivity contribution >= 4 is 35.0 Å². The van der Waals surface area contributed by atoms with Gasteiger partial charge in [0.1, 0.15) is 5.82 Å². The highest BCUT2D eigenvalue weighted by Gasteiger charge is 2.04. The molecule has 124 valence electrons. The van der Waals surface area contributed by atoms with Crippen molar-refractivity contribution < 1.29 is 0 Å². The van der Waals surface area contributed by atoms with Crippen LogP contribution < -0.4 is 10.6 Å². The van der Waals surface area contributed by atoms with E-state index in [1.165, 1.54) is 0 Å². The number of nitrogens with zero attached hydrogens (tertiary/aromatic N) is 2. The van der Waals surface area contributed by atoms with Crippen LogP contribution in [-0.4, -0.2) is 23.1 Å². The molecule has 4 nitrogen and oxygen atoms in total. The summed E-state index contributed by atoms with van der Waals surface area (Å²) in [6.07, 6.45) is 3.05. The molecule has 0 aliphatic heterocycles. The highest BCUT2D eigenvalue weighted by molar-refractivity contribution is 6.35. The van der Waals surface area contributed by atoms with Crippen LogP contribution in [0.25, 0.3) is 0 Å². The molecule has 2 rings (SSSR count). The molecule has 0 fully saturated rings. The van der Waals surface area contributed by atoms with E-state index < -0.39 is 0 Å².